The van der Waals surface area contributed by atoms with Crippen molar-refractivity contribution in [2.75, 3.05) is 5.32 Å². The fourth-order valence-electron chi connectivity index (χ4n) is 1.80. The second kappa shape index (κ2) is 4.93. The van der Waals surface area contributed by atoms with Gasteiger partial charge in [0.05, 0.1) is 10.6 Å². The van der Waals surface area contributed by atoms with E-state index in [-0.39, 0.29) is 11.6 Å². The number of carbonyl (C=O) groups is 1. The Hall–Kier alpha value is -2.41. The predicted molar refractivity (Wildman–Crippen MR) is 75.8 cm³/mol. The van der Waals surface area contributed by atoms with Gasteiger partial charge in [-0.05, 0) is 30.9 Å². The number of anilines is 1. The Morgan fingerprint density at radius 1 is 1.40 bits per heavy atom. The molecule has 6 nitrogen and oxygen atoms in total. The average molecular weight is 288 g/mol. The third-order valence-corrected chi connectivity index (χ3v) is 3.84. The molecule has 0 unspecified atom stereocenters. The topological polar surface area (TPSA) is 83.8 Å². The number of rotatable bonds is 3. The van der Waals surface area contributed by atoms with Crippen molar-refractivity contribution >= 4 is 23.1 Å². The summed E-state index contributed by atoms with van der Waals surface area (Å²) in [6.07, 6.45) is 0. The van der Waals surface area contributed by atoms with Crippen LogP contribution in [0.5, 0.6) is 0 Å². The zero-order valence-corrected chi connectivity index (χ0v) is 11.7. The van der Waals surface area contributed by atoms with E-state index in [0.29, 0.717) is 11.6 Å². The lowest BCUT2D eigenvalue weighted by atomic mass is 10.2. The minimum absolute atomic E-state index is 0.236. The van der Waals surface area contributed by atoms with Crippen molar-refractivity contribution in [1.29, 1.82) is 0 Å². The number of thiophene rings is 1. The second-order valence-electron chi connectivity index (χ2n) is 4.38. The smallest absolute Gasteiger partial charge is 0.279 e. The number of aromatic amines is 1. The maximum Gasteiger partial charge on any atom is 0.279 e. The van der Waals surface area contributed by atoms with Crippen molar-refractivity contribution in [3.8, 4) is 10.6 Å². The van der Waals surface area contributed by atoms with Gasteiger partial charge in [-0.2, -0.15) is 5.10 Å². The second-order valence-corrected chi connectivity index (χ2v) is 5.29. The lowest BCUT2D eigenvalue weighted by molar-refractivity contribution is 0.101. The highest BCUT2D eigenvalue weighted by Gasteiger charge is 2.14. The lowest BCUT2D eigenvalue weighted by Crippen LogP contribution is -2.12. The summed E-state index contributed by atoms with van der Waals surface area (Å²) >= 11 is 1.62. The summed E-state index contributed by atoms with van der Waals surface area (Å²) in [5.41, 5.74) is 2.28. The first-order chi connectivity index (χ1) is 9.63. The van der Waals surface area contributed by atoms with E-state index in [0.717, 1.165) is 10.6 Å². The number of H-pyrrole nitrogens is 1. The summed E-state index contributed by atoms with van der Waals surface area (Å²) in [5, 5.41) is 15.3. The quantitative estimate of drug-likeness (QED) is 0.776. The van der Waals surface area contributed by atoms with Crippen molar-refractivity contribution in [3.05, 3.63) is 40.6 Å². The Morgan fingerprint density at radius 3 is 2.90 bits per heavy atom. The largest absolute Gasteiger partial charge is 0.361 e. The Balaban J connectivity index is 1.78. The van der Waals surface area contributed by atoms with Gasteiger partial charge in [-0.1, -0.05) is 5.16 Å². The normalized spacial score (nSPS) is 10.7. The van der Waals surface area contributed by atoms with Crippen molar-refractivity contribution in [3.63, 3.8) is 0 Å². The summed E-state index contributed by atoms with van der Waals surface area (Å²) in [6, 6.07) is 5.41. The maximum absolute atomic E-state index is 11.9. The van der Waals surface area contributed by atoms with Crippen LogP contribution in [0.1, 0.15) is 21.8 Å². The number of amides is 1. The van der Waals surface area contributed by atoms with Crippen LogP contribution >= 0.6 is 11.3 Å². The monoisotopic (exact) mass is 288 g/mol. The average Bonchev–Trinajstić information content (AvgIpc) is 3.10. The number of hydrogen-bond donors (Lipinski definition) is 2. The van der Waals surface area contributed by atoms with Gasteiger partial charge in [0.15, 0.2) is 11.5 Å². The van der Waals surface area contributed by atoms with Crippen molar-refractivity contribution < 1.29 is 9.32 Å². The van der Waals surface area contributed by atoms with Gasteiger partial charge in [0.1, 0.15) is 5.76 Å². The Morgan fingerprint density at radius 2 is 2.25 bits per heavy atom. The van der Waals surface area contributed by atoms with Gasteiger partial charge in [-0.3, -0.25) is 9.89 Å². The SMILES string of the molecule is Cc1cc(C(=O)Nc2cc(-c3sccc3C)[nH]n2)no1. The van der Waals surface area contributed by atoms with E-state index in [1.165, 1.54) is 5.56 Å². The number of nitrogens with zero attached hydrogens (tertiary/aromatic N) is 2. The van der Waals surface area contributed by atoms with Crippen LogP contribution in [0, 0.1) is 13.8 Å². The highest BCUT2D eigenvalue weighted by Crippen LogP contribution is 2.28. The van der Waals surface area contributed by atoms with Gasteiger partial charge in [0.2, 0.25) is 0 Å². The number of hydrogen-bond acceptors (Lipinski definition) is 5. The molecule has 3 aromatic rings. The molecule has 0 atom stereocenters. The minimum Gasteiger partial charge on any atom is -0.361 e. The van der Waals surface area contributed by atoms with Crippen LogP contribution in [0.25, 0.3) is 10.6 Å². The fourth-order valence-corrected chi connectivity index (χ4v) is 2.70. The molecule has 0 aliphatic carbocycles. The van der Waals surface area contributed by atoms with Crippen LogP contribution in [0.4, 0.5) is 5.82 Å². The molecule has 1 amide bonds. The summed E-state index contributed by atoms with van der Waals surface area (Å²) in [7, 11) is 0. The van der Waals surface area contributed by atoms with E-state index < -0.39 is 0 Å². The van der Waals surface area contributed by atoms with Crippen molar-refractivity contribution in [2.24, 2.45) is 0 Å². The molecule has 0 saturated carbocycles. The standard InChI is InChI=1S/C13H12N4O2S/c1-7-3-4-20-12(7)9-6-11(16-15-9)14-13(18)10-5-8(2)19-17-10/h3-6H,1-2H3,(H2,14,15,16,18). The van der Waals surface area contributed by atoms with E-state index in [4.69, 9.17) is 4.52 Å². The van der Waals surface area contributed by atoms with Crippen LogP contribution in [0.3, 0.4) is 0 Å². The van der Waals surface area contributed by atoms with E-state index in [1.54, 1.807) is 30.4 Å². The van der Waals surface area contributed by atoms with Crippen molar-refractivity contribution in [1.82, 2.24) is 15.4 Å². The first-order valence-electron chi connectivity index (χ1n) is 5.98. The van der Waals surface area contributed by atoms with E-state index in [1.807, 2.05) is 18.4 Å². The van der Waals surface area contributed by atoms with Gasteiger partial charge in [0, 0.05) is 12.1 Å². The van der Waals surface area contributed by atoms with Gasteiger partial charge >= 0.3 is 0 Å². The molecular formula is C13H12N4O2S. The van der Waals surface area contributed by atoms with Gasteiger partial charge in [-0.25, -0.2) is 0 Å². The lowest BCUT2D eigenvalue weighted by Gasteiger charge is -1.96. The molecule has 102 valence electrons. The third-order valence-electron chi connectivity index (χ3n) is 2.79. The molecule has 0 spiro atoms. The van der Waals surface area contributed by atoms with E-state index in [2.05, 4.69) is 20.7 Å². The first-order valence-corrected chi connectivity index (χ1v) is 6.86. The highest BCUT2D eigenvalue weighted by molar-refractivity contribution is 7.13. The minimum atomic E-state index is -0.345. The molecule has 0 bridgehead atoms. The third kappa shape index (κ3) is 2.35. The molecule has 0 saturated heterocycles. The number of nitrogens with one attached hydrogen (secondary N) is 2. The molecular weight excluding hydrogens is 276 g/mol. The molecule has 2 N–H and O–H groups in total. The van der Waals surface area contributed by atoms with Crippen LogP contribution in [-0.2, 0) is 0 Å². The summed E-state index contributed by atoms with van der Waals surface area (Å²) in [6.45, 7) is 3.76. The zero-order chi connectivity index (χ0) is 14.1. The maximum atomic E-state index is 11.9. The first kappa shape index (κ1) is 12.6. The number of aromatic nitrogens is 3. The van der Waals surface area contributed by atoms with Crippen LogP contribution in [0.15, 0.2) is 28.1 Å². The predicted octanol–water partition coefficient (Wildman–Crippen LogP) is 3.00. The molecule has 20 heavy (non-hydrogen) atoms. The number of carbonyl (C=O) groups excluding carboxylic acids is 1. The van der Waals surface area contributed by atoms with Crippen LogP contribution in [0.2, 0.25) is 0 Å². The van der Waals surface area contributed by atoms with Gasteiger partial charge in [0.25, 0.3) is 5.91 Å². The molecule has 0 aliphatic rings. The molecule has 3 heterocycles. The van der Waals surface area contributed by atoms with E-state index in [9.17, 15) is 4.79 Å². The molecule has 0 fully saturated rings. The van der Waals surface area contributed by atoms with Crippen LogP contribution in [-0.4, -0.2) is 21.3 Å². The fraction of sp³-hybridized carbons (Fsp3) is 0.154. The highest BCUT2D eigenvalue weighted by atomic mass is 32.1. The Labute approximate surface area is 118 Å². The Kier molecular flexibility index (Phi) is 3.11. The molecule has 0 aromatic carbocycles. The van der Waals surface area contributed by atoms with Crippen LogP contribution < -0.4 is 5.32 Å². The summed E-state index contributed by atoms with van der Waals surface area (Å²) in [4.78, 5) is 13.0. The summed E-state index contributed by atoms with van der Waals surface area (Å²) in [5.74, 6) is 0.702. The molecule has 3 rings (SSSR count). The zero-order valence-electron chi connectivity index (χ0n) is 10.9. The molecule has 0 radical (unpaired) electrons. The molecule has 7 heteroatoms. The van der Waals surface area contributed by atoms with Crippen molar-refractivity contribution in [2.45, 2.75) is 13.8 Å². The summed E-state index contributed by atoms with van der Waals surface area (Å²) < 4.78 is 4.87. The Bertz CT molecular complexity index is 756. The van der Waals surface area contributed by atoms with Gasteiger partial charge < -0.3 is 9.84 Å². The van der Waals surface area contributed by atoms with Gasteiger partial charge in [-0.15, -0.1) is 11.3 Å². The molecule has 0 aliphatic heterocycles. The van der Waals surface area contributed by atoms with E-state index >= 15 is 0 Å². The molecule has 3 aromatic heterocycles. The number of aryl methyl sites for hydroxylation is 2.